The Morgan fingerprint density at radius 2 is 0.327 bits per heavy atom. The molecule has 0 radical (unpaired) electrons. The highest BCUT2D eigenvalue weighted by Crippen LogP contribution is 2.19. The predicted molar refractivity (Wildman–Crippen MR) is 254 cm³/mol. The fourth-order valence-corrected chi connectivity index (χ4v) is 7.93. The minimum atomic E-state index is -0.333. The number of unbranched alkanes of at least 4 members (excludes halogenated alkanes) is 12. The van der Waals surface area contributed by atoms with Gasteiger partial charge in [-0.3, -0.25) is 5.41 Å². The van der Waals surface area contributed by atoms with E-state index >= 15 is 0 Å². The average molecular weight is 786 g/mol. The van der Waals surface area contributed by atoms with Gasteiger partial charge in [-0.25, -0.2) is 0 Å². The summed E-state index contributed by atoms with van der Waals surface area (Å²) in [6.45, 7) is 45.1. The van der Waals surface area contributed by atoms with Crippen molar-refractivity contribution in [2.45, 2.75) is 237 Å². The molecule has 0 aromatic rings. The Labute approximate surface area is 351 Å². The van der Waals surface area contributed by atoms with Crippen LogP contribution in [0.5, 0.6) is 0 Å². The van der Waals surface area contributed by atoms with Gasteiger partial charge in [-0.1, -0.05) is 160 Å². The molecule has 336 valence electrons. The molecular formula is C49H113N6+3. The summed E-state index contributed by atoms with van der Waals surface area (Å²) >= 11 is 0. The van der Waals surface area contributed by atoms with E-state index in [4.69, 9.17) is 5.41 Å². The van der Waals surface area contributed by atoms with Crippen LogP contribution in [-0.4, -0.2) is 97.9 Å². The number of quaternary nitrogens is 3. The van der Waals surface area contributed by atoms with Crippen LogP contribution in [0.3, 0.4) is 0 Å². The van der Waals surface area contributed by atoms with Crippen molar-refractivity contribution in [1.82, 2.24) is 0 Å². The van der Waals surface area contributed by atoms with Crippen molar-refractivity contribution in [3.05, 3.63) is 0 Å². The quantitative estimate of drug-likeness (QED) is 0.0336. The molecule has 6 heteroatoms. The summed E-state index contributed by atoms with van der Waals surface area (Å²) in [4.78, 5) is 0. The molecule has 0 fully saturated rings. The zero-order chi connectivity index (χ0) is 42.5. The van der Waals surface area contributed by atoms with E-state index in [0.29, 0.717) is 0 Å². The molecule has 6 nitrogen and oxygen atoms in total. The lowest BCUT2D eigenvalue weighted by atomic mass is 10.1. The highest BCUT2D eigenvalue weighted by molar-refractivity contribution is 5.71. The van der Waals surface area contributed by atoms with Crippen molar-refractivity contribution in [1.29, 1.82) is 5.41 Å². The number of rotatable bonds is 36. The van der Waals surface area contributed by atoms with E-state index in [2.05, 4.69) is 94.6 Å². The monoisotopic (exact) mass is 786 g/mol. The molecule has 0 aliphatic rings. The Kier molecular flexibility index (Phi) is 50.7. The van der Waals surface area contributed by atoms with Gasteiger partial charge in [0.25, 0.3) is 0 Å². The highest BCUT2D eigenvalue weighted by atomic mass is 15.4. The summed E-state index contributed by atoms with van der Waals surface area (Å²) in [6.07, 6.45) is 33.2. The topological polar surface area (TPSA) is 75.9 Å². The third kappa shape index (κ3) is 39.7. The lowest BCUT2D eigenvalue weighted by Crippen LogP contribution is -2.50. The van der Waals surface area contributed by atoms with Gasteiger partial charge in [0.05, 0.1) is 78.5 Å². The van der Waals surface area contributed by atoms with E-state index in [1.807, 2.05) is 0 Å². The second kappa shape index (κ2) is 45.8. The van der Waals surface area contributed by atoms with Gasteiger partial charge in [-0.05, 0) is 77.0 Å². The highest BCUT2D eigenvalue weighted by Gasteiger charge is 2.26. The molecule has 0 aromatic heterocycles. The largest absolute Gasteiger partial charge is 0.370 e. The van der Waals surface area contributed by atoms with Gasteiger partial charge in [0.2, 0.25) is 0 Å². The number of nitrogens with one attached hydrogen (secondary N) is 1. The summed E-state index contributed by atoms with van der Waals surface area (Å²) in [6, 6.07) is 0. The van der Waals surface area contributed by atoms with Crippen LogP contribution in [0.15, 0.2) is 0 Å². The molecule has 0 aliphatic carbocycles. The maximum atomic E-state index is 6.06. The van der Waals surface area contributed by atoms with E-state index in [0.717, 1.165) is 0 Å². The zero-order valence-electron chi connectivity index (χ0n) is 41.0. The molecule has 0 aliphatic heterocycles. The van der Waals surface area contributed by atoms with Gasteiger partial charge in [-0.15, -0.1) is 0 Å². The van der Waals surface area contributed by atoms with Crippen molar-refractivity contribution in [2.75, 3.05) is 78.5 Å². The van der Waals surface area contributed by atoms with E-state index in [9.17, 15) is 0 Å². The second-order valence-corrected chi connectivity index (χ2v) is 17.4. The van der Waals surface area contributed by atoms with Gasteiger partial charge in [0, 0.05) is 0 Å². The van der Waals surface area contributed by atoms with Crippen LogP contribution < -0.4 is 11.5 Å². The normalized spacial score (nSPS) is 11.6. The fourth-order valence-electron chi connectivity index (χ4n) is 7.93. The van der Waals surface area contributed by atoms with Crippen LogP contribution in [0.1, 0.15) is 237 Å². The molecule has 0 saturated carbocycles. The SMILES string of the molecule is CCCC[N+](CCCC)(CCCC)CCCC.CCCC[N+](CCCC)(CCCC)CCCC.CCCC[N+](CCCC)(CCCC)CCCC.N=C(N)N. The van der Waals surface area contributed by atoms with Crippen LogP contribution in [0, 0.1) is 5.41 Å². The van der Waals surface area contributed by atoms with Crippen LogP contribution in [0.25, 0.3) is 0 Å². The van der Waals surface area contributed by atoms with Crippen LogP contribution in [0.2, 0.25) is 0 Å². The minimum absolute atomic E-state index is 0.333. The third-order valence-corrected chi connectivity index (χ3v) is 11.8. The van der Waals surface area contributed by atoms with Crippen molar-refractivity contribution in [3.63, 3.8) is 0 Å². The lowest BCUT2D eigenvalue weighted by Gasteiger charge is -2.39. The van der Waals surface area contributed by atoms with Gasteiger partial charge in [0.1, 0.15) is 0 Å². The predicted octanol–water partition coefficient (Wildman–Crippen LogP) is 13.8. The van der Waals surface area contributed by atoms with E-state index in [-0.39, 0.29) is 5.96 Å². The average Bonchev–Trinajstić information content (AvgIpc) is 3.19. The number of guanidine groups is 1. The van der Waals surface area contributed by atoms with E-state index < -0.39 is 0 Å². The Morgan fingerprint density at radius 1 is 0.255 bits per heavy atom. The van der Waals surface area contributed by atoms with Gasteiger partial charge in [-0.2, -0.15) is 0 Å². The van der Waals surface area contributed by atoms with Crippen molar-refractivity contribution >= 4 is 5.96 Å². The molecule has 55 heavy (non-hydrogen) atoms. The molecule has 0 heterocycles. The minimum Gasteiger partial charge on any atom is -0.370 e. The lowest BCUT2D eigenvalue weighted by molar-refractivity contribution is -0.929. The first kappa shape index (κ1) is 60.8. The molecule has 0 bridgehead atoms. The first-order valence-corrected chi connectivity index (χ1v) is 25.1. The summed E-state index contributed by atoms with van der Waals surface area (Å²) in [7, 11) is 0. The van der Waals surface area contributed by atoms with Gasteiger partial charge >= 0.3 is 0 Å². The maximum Gasteiger partial charge on any atom is 0.183 e. The standard InChI is InChI=1S/3C16H36N.CH5N3/c3*1-5-9-13-17(14-10-6-2,15-11-7-3)16-12-8-4;2-1(3)4/h3*5-16H2,1-4H3;(H5,2,3,4)/q3*+1;. The smallest absolute Gasteiger partial charge is 0.183 e. The number of hydrogen-bond acceptors (Lipinski definition) is 1. The van der Waals surface area contributed by atoms with Crippen LogP contribution in [-0.2, 0) is 0 Å². The van der Waals surface area contributed by atoms with Crippen molar-refractivity contribution in [2.24, 2.45) is 11.5 Å². The number of nitrogens with zero attached hydrogens (tertiary/aromatic N) is 3. The Hall–Kier alpha value is -0.850. The van der Waals surface area contributed by atoms with E-state index in [1.54, 1.807) is 0 Å². The molecule has 5 N–H and O–H groups in total. The van der Waals surface area contributed by atoms with E-state index in [1.165, 1.54) is 246 Å². The molecule has 0 spiro atoms. The number of hydrogen-bond donors (Lipinski definition) is 3. The summed E-state index contributed by atoms with van der Waals surface area (Å²) < 4.78 is 4.26. The van der Waals surface area contributed by atoms with Gasteiger partial charge in [0.15, 0.2) is 5.96 Å². The molecule has 0 amide bonds. The zero-order valence-corrected chi connectivity index (χ0v) is 41.0. The summed E-state index contributed by atoms with van der Waals surface area (Å²) in [5.41, 5.74) is 8.94. The third-order valence-electron chi connectivity index (χ3n) is 11.8. The van der Waals surface area contributed by atoms with Crippen molar-refractivity contribution in [3.8, 4) is 0 Å². The summed E-state index contributed by atoms with van der Waals surface area (Å²) in [5.74, 6) is -0.333. The fraction of sp³-hybridized carbons (Fsp3) is 0.980. The number of nitrogens with two attached hydrogens (primary N) is 2. The first-order chi connectivity index (χ1) is 26.5. The van der Waals surface area contributed by atoms with Crippen LogP contribution in [0.4, 0.5) is 0 Å². The first-order valence-electron chi connectivity index (χ1n) is 25.1. The molecule has 0 unspecified atom stereocenters. The Morgan fingerprint density at radius 3 is 0.382 bits per heavy atom. The van der Waals surface area contributed by atoms with Crippen LogP contribution >= 0.6 is 0 Å². The Balaban J connectivity index is -0.000000337. The maximum absolute atomic E-state index is 6.06. The molecule has 0 aromatic carbocycles. The van der Waals surface area contributed by atoms with Gasteiger partial charge < -0.3 is 24.9 Å². The molecule has 0 rings (SSSR count). The summed E-state index contributed by atoms with van der Waals surface area (Å²) in [5, 5.41) is 6.06. The van der Waals surface area contributed by atoms with Crippen molar-refractivity contribution < 1.29 is 13.4 Å². The Bertz CT molecular complexity index is 524. The molecular weight excluding hydrogens is 673 g/mol. The second-order valence-electron chi connectivity index (χ2n) is 17.4. The molecule has 0 saturated heterocycles. The molecule has 0 atom stereocenters.